The van der Waals surface area contributed by atoms with Gasteiger partial charge in [0, 0.05) is 40.7 Å². The number of nitrogens with one attached hydrogen (secondary N) is 2. The molecule has 3 aromatic rings. The molecule has 2 heterocycles. The fourth-order valence-corrected chi connectivity index (χ4v) is 6.08. The lowest BCUT2D eigenvalue weighted by Gasteiger charge is -2.37. The van der Waals surface area contributed by atoms with E-state index < -0.39 is 0 Å². The largest absolute Gasteiger partial charge is 0.395 e. The van der Waals surface area contributed by atoms with Gasteiger partial charge in [-0.25, -0.2) is 4.98 Å². The number of aliphatic hydroxyl groups excluding tert-OH is 1. The van der Waals surface area contributed by atoms with Gasteiger partial charge >= 0.3 is 0 Å². The zero-order chi connectivity index (χ0) is 26.9. The van der Waals surface area contributed by atoms with E-state index in [1.807, 2.05) is 36.6 Å². The number of fused-ring (bicyclic) bond motifs is 1. The van der Waals surface area contributed by atoms with Crippen molar-refractivity contribution in [2.45, 2.75) is 51.2 Å². The van der Waals surface area contributed by atoms with Crippen LogP contribution in [0.15, 0.2) is 47.8 Å². The van der Waals surface area contributed by atoms with Crippen LogP contribution < -0.4 is 15.5 Å². The van der Waals surface area contributed by atoms with Gasteiger partial charge in [-0.1, -0.05) is 25.1 Å². The Bertz CT molecular complexity index is 1330. The van der Waals surface area contributed by atoms with Crippen molar-refractivity contribution in [3.05, 3.63) is 64.5 Å². The molecule has 0 bridgehead atoms. The molecule has 0 spiro atoms. The number of carbonyl (C=O) groups is 2. The Labute approximate surface area is 227 Å². The lowest BCUT2D eigenvalue weighted by molar-refractivity contribution is -0.115. The van der Waals surface area contributed by atoms with E-state index in [1.165, 1.54) is 11.3 Å². The molecule has 5 rings (SSSR count). The van der Waals surface area contributed by atoms with E-state index in [0.29, 0.717) is 10.7 Å². The van der Waals surface area contributed by atoms with Crippen LogP contribution in [-0.2, 0) is 21.4 Å². The molecule has 8 nitrogen and oxygen atoms in total. The maximum atomic E-state index is 12.7. The zero-order valence-corrected chi connectivity index (χ0v) is 22.8. The number of morpholine rings is 1. The van der Waals surface area contributed by atoms with Gasteiger partial charge in [0.05, 0.1) is 31.1 Å². The Kier molecular flexibility index (Phi) is 7.52. The molecule has 3 atom stereocenters. The number of aryl methyl sites for hydroxylation is 1. The molecule has 200 valence electrons. The average Bonchev–Trinajstić information content (AvgIpc) is 3.51. The molecule has 0 unspecified atom stereocenters. The third kappa shape index (κ3) is 5.60. The van der Waals surface area contributed by atoms with E-state index in [-0.39, 0.29) is 42.6 Å². The van der Waals surface area contributed by atoms with E-state index in [9.17, 15) is 14.7 Å². The van der Waals surface area contributed by atoms with Crippen molar-refractivity contribution in [3.8, 4) is 11.3 Å². The van der Waals surface area contributed by atoms with Gasteiger partial charge < -0.3 is 25.4 Å². The third-order valence-electron chi connectivity index (χ3n) is 7.40. The molecule has 0 radical (unpaired) electrons. The van der Waals surface area contributed by atoms with Gasteiger partial charge in [-0.05, 0) is 62.1 Å². The Morgan fingerprint density at radius 2 is 1.97 bits per heavy atom. The van der Waals surface area contributed by atoms with E-state index in [2.05, 4.69) is 46.5 Å². The number of amides is 2. The van der Waals surface area contributed by atoms with Gasteiger partial charge in [-0.2, -0.15) is 0 Å². The number of benzene rings is 2. The van der Waals surface area contributed by atoms with Gasteiger partial charge in [0.15, 0.2) is 5.13 Å². The van der Waals surface area contributed by atoms with Gasteiger partial charge in [0.25, 0.3) is 5.91 Å². The molecule has 1 aromatic heterocycles. The Morgan fingerprint density at radius 3 is 2.74 bits per heavy atom. The summed E-state index contributed by atoms with van der Waals surface area (Å²) in [6.45, 7) is 7.74. The van der Waals surface area contributed by atoms with E-state index >= 15 is 0 Å². The van der Waals surface area contributed by atoms with E-state index in [4.69, 9.17) is 4.74 Å². The first-order valence-corrected chi connectivity index (χ1v) is 13.9. The maximum Gasteiger partial charge on any atom is 0.251 e. The highest BCUT2D eigenvalue weighted by Gasteiger charge is 2.34. The highest BCUT2D eigenvalue weighted by Crippen LogP contribution is 2.38. The highest BCUT2D eigenvalue weighted by molar-refractivity contribution is 7.14. The second-order valence-corrected chi connectivity index (χ2v) is 11.4. The smallest absolute Gasteiger partial charge is 0.251 e. The van der Waals surface area contributed by atoms with Crippen molar-refractivity contribution in [3.63, 3.8) is 0 Å². The number of hydrogen-bond donors (Lipinski definition) is 3. The number of carbonyl (C=O) groups excluding carboxylic acids is 2. The fourth-order valence-electron chi connectivity index (χ4n) is 5.35. The molecule has 0 saturated carbocycles. The summed E-state index contributed by atoms with van der Waals surface area (Å²) >= 11 is 1.35. The quantitative estimate of drug-likeness (QED) is 0.424. The molecule has 38 heavy (non-hydrogen) atoms. The first-order valence-electron chi connectivity index (χ1n) is 13.0. The Hall–Kier alpha value is -3.27. The number of aromatic nitrogens is 1. The second-order valence-electron chi connectivity index (χ2n) is 10.6. The molecule has 9 heteroatoms. The van der Waals surface area contributed by atoms with Crippen LogP contribution in [0.4, 0.5) is 10.8 Å². The minimum Gasteiger partial charge on any atom is -0.395 e. The fraction of sp³-hybridized carbons (Fsp3) is 0.414. The average molecular weight is 535 g/mol. The van der Waals surface area contributed by atoms with Gasteiger partial charge in [0.1, 0.15) is 0 Å². The van der Waals surface area contributed by atoms with Crippen molar-refractivity contribution in [2.75, 3.05) is 36.5 Å². The molecule has 1 aliphatic heterocycles. The van der Waals surface area contributed by atoms with Gasteiger partial charge in [0.2, 0.25) is 5.91 Å². The number of ether oxygens (including phenoxy) is 1. The predicted molar refractivity (Wildman–Crippen MR) is 150 cm³/mol. The van der Waals surface area contributed by atoms with Crippen molar-refractivity contribution in [1.82, 2.24) is 10.3 Å². The topological polar surface area (TPSA) is 104 Å². The highest BCUT2D eigenvalue weighted by atomic mass is 32.1. The number of nitrogens with zero attached hydrogens (tertiary/aromatic N) is 2. The summed E-state index contributed by atoms with van der Waals surface area (Å²) in [4.78, 5) is 32.2. The van der Waals surface area contributed by atoms with Gasteiger partial charge in [-0.15, -0.1) is 11.3 Å². The van der Waals surface area contributed by atoms with Crippen molar-refractivity contribution < 1.29 is 19.4 Å². The normalized spacial score (nSPS) is 22.7. The SMILES string of the molecule is C[C@@H]1CN(c2cccc(-c3csc(NC(=O)CNC(=O)c4ccc5c(c4)[C@@](C)(CO)CC5)n3)c2)C[C@H](C)O1. The van der Waals surface area contributed by atoms with E-state index in [0.717, 1.165) is 54.0 Å². The number of hydrogen-bond acceptors (Lipinski definition) is 7. The van der Waals surface area contributed by atoms with Crippen LogP contribution in [0.5, 0.6) is 0 Å². The van der Waals surface area contributed by atoms with Crippen LogP contribution in [-0.4, -0.2) is 60.4 Å². The zero-order valence-electron chi connectivity index (χ0n) is 22.0. The molecule has 2 aromatic carbocycles. The number of rotatable bonds is 7. The summed E-state index contributed by atoms with van der Waals surface area (Å²) in [5.74, 6) is -0.663. The summed E-state index contributed by atoms with van der Waals surface area (Å²) in [6, 6.07) is 13.8. The summed E-state index contributed by atoms with van der Waals surface area (Å²) in [7, 11) is 0. The van der Waals surface area contributed by atoms with Crippen molar-refractivity contribution >= 4 is 34.0 Å². The Balaban J connectivity index is 1.18. The number of aliphatic hydroxyl groups is 1. The molecule has 1 saturated heterocycles. The maximum absolute atomic E-state index is 12.7. The van der Waals surface area contributed by atoms with Crippen LogP contribution in [0.3, 0.4) is 0 Å². The summed E-state index contributed by atoms with van der Waals surface area (Å²) < 4.78 is 5.86. The Morgan fingerprint density at radius 1 is 1.18 bits per heavy atom. The monoisotopic (exact) mass is 534 g/mol. The van der Waals surface area contributed by atoms with Gasteiger partial charge in [-0.3, -0.25) is 9.59 Å². The molecular formula is C29H34N4O4S. The molecular weight excluding hydrogens is 500 g/mol. The minimum atomic E-state index is -0.342. The molecule has 2 amide bonds. The lowest BCUT2D eigenvalue weighted by atomic mass is 9.84. The minimum absolute atomic E-state index is 0.0409. The summed E-state index contributed by atoms with van der Waals surface area (Å²) in [5, 5.41) is 17.7. The van der Waals surface area contributed by atoms with Crippen LogP contribution in [0.25, 0.3) is 11.3 Å². The van der Waals surface area contributed by atoms with Crippen molar-refractivity contribution in [2.24, 2.45) is 0 Å². The molecule has 3 N–H and O–H groups in total. The van der Waals surface area contributed by atoms with Crippen LogP contribution in [0.2, 0.25) is 0 Å². The molecule has 2 aliphatic rings. The van der Waals surface area contributed by atoms with E-state index in [1.54, 1.807) is 6.07 Å². The number of thiazole rings is 1. The predicted octanol–water partition coefficient (Wildman–Crippen LogP) is 3.99. The molecule has 1 fully saturated rings. The summed E-state index contributed by atoms with van der Waals surface area (Å²) in [6.07, 6.45) is 2.10. The third-order valence-corrected chi connectivity index (χ3v) is 8.16. The van der Waals surface area contributed by atoms with Crippen LogP contribution >= 0.6 is 11.3 Å². The van der Waals surface area contributed by atoms with Crippen molar-refractivity contribution in [1.29, 1.82) is 0 Å². The first-order chi connectivity index (χ1) is 18.2. The number of anilines is 2. The van der Waals surface area contributed by atoms with Crippen LogP contribution in [0, 0.1) is 0 Å². The lowest BCUT2D eigenvalue weighted by Crippen LogP contribution is -2.45. The summed E-state index contributed by atoms with van der Waals surface area (Å²) in [5.41, 5.74) is 5.21. The first kappa shape index (κ1) is 26.3. The standard InChI is InChI=1S/C29H34N4O4S/c1-18-14-33(15-19(2)37-18)23-6-4-5-21(11-23)25-16-38-28(31-25)32-26(35)13-30-27(36)22-8-7-20-9-10-29(3,17-34)24(20)12-22/h4-8,11-12,16,18-19,34H,9-10,13-15,17H2,1-3H3,(H,30,36)(H,31,32,35)/t18-,19+,29-/m1/s1. The second kappa shape index (κ2) is 10.8. The molecule has 1 aliphatic carbocycles. The van der Waals surface area contributed by atoms with Crippen LogP contribution in [0.1, 0.15) is 48.7 Å².